The third kappa shape index (κ3) is 7.18. The molecule has 0 amide bonds. The van der Waals surface area contributed by atoms with Crippen LogP contribution in [0.1, 0.15) is 12.5 Å². The van der Waals surface area contributed by atoms with Gasteiger partial charge in [-0.05, 0) is 37.1 Å². The molecule has 1 aliphatic rings. The highest BCUT2D eigenvalue weighted by atomic mass is 35.5. The molecule has 8 heteroatoms. The fourth-order valence-corrected chi connectivity index (χ4v) is 3.50. The zero-order valence-electron chi connectivity index (χ0n) is 17.0. The number of piperazine rings is 1. The number of nitrogens with one attached hydrogen (secondary N) is 2. The van der Waals surface area contributed by atoms with Crippen LogP contribution in [0.5, 0.6) is 0 Å². The topological polar surface area (TPSA) is 68.7 Å². The predicted octanol–water partition coefficient (Wildman–Crippen LogP) is 2.05. The minimum Gasteiger partial charge on any atom is -0.357 e. The zero-order valence-corrected chi connectivity index (χ0v) is 17.8. The van der Waals surface area contributed by atoms with Crippen LogP contribution in [0.2, 0.25) is 5.02 Å². The lowest BCUT2D eigenvalue weighted by atomic mass is 10.1. The molecule has 7 nitrogen and oxygen atoms in total. The maximum absolute atomic E-state index is 6.05. The second kappa shape index (κ2) is 11.6. The number of aliphatic imine (C=N–C) groups is 1. The standard InChI is InChI=1S/C21H30ClN7/c1-2-23-20(24-10-7-18-5-3-6-19(22)17-18)25-11-12-28-13-15-29(16-14-28)21-26-8-4-9-27-21/h3-6,8-9,17H,2,7,10-16H2,1H3,(H2,23,24,25). The zero-order chi connectivity index (χ0) is 20.3. The predicted molar refractivity (Wildman–Crippen MR) is 120 cm³/mol. The lowest BCUT2D eigenvalue weighted by molar-refractivity contribution is 0.263. The van der Waals surface area contributed by atoms with Crippen LogP contribution in [0.15, 0.2) is 47.7 Å². The van der Waals surface area contributed by atoms with Gasteiger partial charge in [-0.1, -0.05) is 23.7 Å². The van der Waals surface area contributed by atoms with Crippen molar-refractivity contribution in [3.63, 3.8) is 0 Å². The van der Waals surface area contributed by atoms with E-state index < -0.39 is 0 Å². The van der Waals surface area contributed by atoms with E-state index in [4.69, 9.17) is 16.6 Å². The average Bonchev–Trinajstić information content (AvgIpc) is 2.75. The van der Waals surface area contributed by atoms with Crippen molar-refractivity contribution < 1.29 is 0 Å². The van der Waals surface area contributed by atoms with Gasteiger partial charge in [0.1, 0.15) is 0 Å². The lowest BCUT2D eigenvalue weighted by Gasteiger charge is -2.34. The van der Waals surface area contributed by atoms with E-state index in [-0.39, 0.29) is 0 Å². The van der Waals surface area contributed by atoms with Crippen molar-refractivity contribution in [1.29, 1.82) is 0 Å². The summed E-state index contributed by atoms with van der Waals surface area (Å²) in [6.07, 6.45) is 4.50. The van der Waals surface area contributed by atoms with E-state index >= 15 is 0 Å². The number of rotatable bonds is 8. The molecule has 0 aliphatic carbocycles. The first-order chi connectivity index (χ1) is 14.2. The summed E-state index contributed by atoms with van der Waals surface area (Å²) in [4.78, 5) is 18.1. The van der Waals surface area contributed by atoms with Gasteiger partial charge in [0.15, 0.2) is 5.96 Å². The van der Waals surface area contributed by atoms with E-state index in [1.807, 2.05) is 24.3 Å². The Morgan fingerprint density at radius 3 is 2.62 bits per heavy atom. The van der Waals surface area contributed by atoms with Gasteiger partial charge in [0.05, 0.1) is 6.54 Å². The molecule has 0 bridgehead atoms. The summed E-state index contributed by atoms with van der Waals surface area (Å²) < 4.78 is 0. The van der Waals surface area contributed by atoms with Gasteiger partial charge in [-0.3, -0.25) is 9.89 Å². The minimum absolute atomic E-state index is 0.772. The molecule has 156 valence electrons. The summed E-state index contributed by atoms with van der Waals surface area (Å²) in [5.74, 6) is 1.69. The van der Waals surface area contributed by atoms with Crippen molar-refractivity contribution in [2.24, 2.45) is 4.99 Å². The van der Waals surface area contributed by atoms with E-state index in [2.05, 4.69) is 43.4 Å². The van der Waals surface area contributed by atoms with Crippen LogP contribution in [0.25, 0.3) is 0 Å². The van der Waals surface area contributed by atoms with E-state index in [1.165, 1.54) is 5.56 Å². The van der Waals surface area contributed by atoms with Crippen LogP contribution < -0.4 is 15.5 Å². The third-order valence-electron chi connectivity index (χ3n) is 4.83. The SMILES string of the molecule is CCNC(=NCCN1CCN(c2ncccn2)CC1)NCCc1cccc(Cl)c1. The molecule has 1 aliphatic heterocycles. The molecule has 1 aromatic heterocycles. The molecule has 1 fully saturated rings. The van der Waals surface area contributed by atoms with E-state index in [0.29, 0.717) is 0 Å². The molecule has 0 unspecified atom stereocenters. The molecule has 29 heavy (non-hydrogen) atoms. The number of anilines is 1. The van der Waals surface area contributed by atoms with Crippen molar-refractivity contribution in [1.82, 2.24) is 25.5 Å². The van der Waals surface area contributed by atoms with Gasteiger partial charge in [-0.2, -0.15) is 0 Å². The van der Waals surface area contributed by atoms with E-state index in [9.17, 15) is 0 Å². The third-order valence-corrected chi connectivity index (χ3v) is 5.07. The smallest absolute Gasteiger partial charge is 0.225 e. The Balaban J connectivity index is 1.39. The van der Waals surface area contributed by atoms with Crippen molar-refractivity contribution in [3.05, 3.63) is 53.3 Å². The molecule has 2 N–H and O–H groups in total. The summed E-state index contributed by atoms with van der Waals surface area (Å²) in [6, 6.07) is 9.84. The van der Waals surface area contributed by atoms with Crippen LogP contribution in [0, 0.1) is 0 Å². The Morgan fingerprint density at radius 2 is 1.90 bits per heavy atom. The van der Waals surface area contributed by atoms with Crippen LogP contribution in [0.4, 0.5) is 5.95 Å². The van der Waals surface area contributed by atoms with E-state index in [0.717, 1.165) is 75.7 Å². The number of nitrogens with zero attached hydrogens (tertiary/aromatic N) is 5. The second-order valence-corrected chi connectivity index (χ2v) is 7.38. The summed E-state index contributed by atoms with van der Waals surface area (Å²) >= 11 is 6.05. The number of guanidine groups is 1. The molecular formula is C21H30ClN7. The maximum Gasteiger partial charge on any atom is 0.225 e. The molecule has 2 heterocycles. The Hall–Kier alpha value is -2.38. The number of benzene rings is 1. The fraction of sp³-hybridized carbons (Fsp3) is 0.476. The molecule has 0 radical (unpaired) electrons. The minimum atomic E-state index is 0.772. The summed E-state index contributed by atoms with van der Waals surface area (Å²) in [7, 11) is 0. The normalized spacial score (nSPS) is 15.4. The Kier molecular flexibility index (Phi) is 8.52. The quantitative estimate of drug-likeness (QED) is 0.508. The van der Waals surface area contributed by atoms with Gasteiger partial charge in [-0.25, -0.2) is 9.97 Å². The highest BCUT2D eigenvalue weighted by Gasteiger charge is 2.18. The van der Waals surface area contributed by atoms with Gasteiger partial charge in [0.2, 0.25) is 5.95 Å². The molecule has 3 rings (SSSR count). The van der Waals surface area contributed by atoms with Crippen molar-refractivity contribution >= 4 is 23.5 Å². The van der Waals surface area contributed by atoms with Gasteiger partial charge in [0.25, 0.3) is 0 Å². The van der Waals surface area contributed by atoms with Gasteiger partial charge in [-0.15, -0.1) is 0 Å². The average molecular weight is 416 g/mol. The lowest BCUT2D eigenvalue weighted by Crippen LogP contribution is -2.47. The Labute approximate surface area is 178 Å². The molecule has 0 spiro atoms. The highest BCUT2D eigenvalue weighted by Crippen LogP contribution is 2.11. The summed E-state index contributed by atoms with van der Waals surface area (Å²) in [5, 5.41) is 7.50. The van der Waals surface area contributed by atoms with Crippen molar-refractivity contribution in [2.45, 2.75) is 13.3 Å². The summed E-state index contributed by atoms with van der Waals surface area (Å²) in [6.45, 7) is 9.39. The highest BCUT2D eigenvalue weighted by molar-refractivity contribution is 6.30. The number of halogens is 1. The first-order valence-electron chi connectivity index (χ1n) is 10.3. The monoisotopic (exact) mass is 415 g/mol. The second-order valence-electron chi connectivity index (χ2n) is 6.94. The van der Waals surface area contributed by atoms with Crippen LogP contribution in [-0.2, 0) is 6.42 Å². The molecule has 0 saturated carbocycles. The van der Waals surface area contributed by atoms with Crippen LogP contribution >= 0.6 is 11.6 Å². The van der Waals surface area contributed by atoms with E-state index in [1.54, 1.807) is 12.4 Å². The fourth-order valence-electron chi connectivity index (χ4n) is 3.29. The first kappa shape index (κ1) is 21.3. The number of hydrogen-bond donors (Lipinski definition) is 2. The Morgan fingerprint density at radius 1 is 1.10 bits per heavy atom. The molecule has 0 atom stereocenters. The first-order valence-corrected chi connectivity index (χ1v) is 10.6. The molecule has 1 saturated heterocycles. The molecule has 2 aromatic rings. The van der Waals surface area contributed by atoms with Gasteiger partial charge in [0, 0.05) is 63.2 Å². The van der Waals surface area contributed by atoms with Crippen LogP contribution in [0.3, 0.4) is 0 Å². The van der Waals surface area contributed by atoms with Crippen LogP contribution in [-0.4, -0.2) is 73.2 Å². The van der Waals surface area contributed by atoms with Crippen molar-refractivity contribution in [3.8, 4) is 0 Å². The maximum atomic E-state index is 6.05. The summed E-state index contributed by atoms with van der Waals surface area (Å²) in [5.41, 5.74) is 1.22. The number of hydrogen-bond acceptors (Lipinski definition) is 5. The molecular weight excluding hydrogens is 386 g/mol. The van der Waals surface area contributed by atoms with Crippen molar-refractivity contribution in [2.75, 3.05) is 57.3 Å². The molecule has 1 aromatic carbocycles. The Bertz CT molecular complexity index is 761. The van der Waals surface area contributed by atoms with Gasteiger partial charge < -0.3 is 15.5 Å². The van der Waals surface area contributed by atoms with Gasteiger partial charge >= 0.3 is 0 Å². The largest absolute Gasteiger partial charge is 0.357 e. The number of aromatic nitrogens is 2.